The van der Waals surface area contributed by atoms with Crippen molar-refractivity contribution < 1.29 is 13.2 Å². The molecule has 1 aromatic carbocycles. The van der Waals surface area contributed by atoms with Gasteiger partial charge in [0.05, 0.1) is 17.5 Å². The van der Waals surface area contributed by atoms with Crippen LogP contribution >= 0.6 is 11.3 Å². The first-order valence-electron chi connectivity index (χ1n) is 10.6. The predicted molar refractivity (Wildman–Crippen MR) is 122 cm³/mol. The van der Waals surface area contributed by atoms with E-state index in [1.54, 1.807) is 35.6 Å². The Bertz CT molecular complexity index is 950. The number of carbonyl (C=O) groups is 1. The second kappa shape index (κ2) is 9.08. The Balaban J connectivity index is 1.41. The van der Waals surface area contributed by atoms with Gasteiger partial charge in [0.1, 0.15) is 0 Å². The predicted octanol–water partition coefficient (Wildman–Crippen LogP) is 3.49. The second-order valence-corrected chi connectivity index (χ2v) is 11.2. The van der Waals surface area contributed by atoms with Crippen LogP contribution in [0.25, 0.3) is 0 Å². The van der Waals surface area contributed by atoms with Gasteiger partial charge in [-0.05, 0) is 74.0 Å². The van der Waals surface area contributed by atoms with Crippen molar-refractivity contribution in [2.24, 2.45) is 5.92 Å². The van der Waals surface area contributed by atoms with Crippen LogP contribution in [-0.2, 0) is 10.0 Å². The van der Waals surface area contributed by atoms with Crippen LogP contribution in [0.5, 0.6) is 0 Å². The van der Waals surface area contributed by atoms with Crippen molar-refractivity contribution in [1.29, 1.82) is 0 Å². The van der Waals surface area contributed by atoms with E-state index in [9.17, 15) is 13.2 Å². The summed E-state index contributed by atoms with van der Waals surface area (Å²) in [5, 5.41) is 5.18. The highest BCUT2D eigenvalue weighted by atomic mass is 32.2. The van der Waals surface area contributed by atoms with Gasteiger partial charge in [-0.2, -0.15) is 0 Å². The van der Waals surface area contributed by atoms with Gasteiger partial charge >= 0.3 is 0 Å². The molecule has 162 valence electrons. The van der Waals surface area contributed by atoms with E-state index in [-0.39, 0.29) is 17.7 Å². The molecule has 0 saturated carbocycles. The molecule has 8 heteroatoms. The third-order valence-electron chi connectivity index (χ3n) is 6.10. The number of rotatable bonds is 6. The first-order valence-corrected chi connectivity index (χ1v) is 13.1. The van der Waals surface area contributed by atoms with E-state index in [4.69, 9.17) is 0 Å². The molecule has 6 nitrogen and oxygen atoms in total. The second-order valence-electron chi connectivity index (χ2n) is 8.25. The smallest absolute Gasteiger partial charge is 0.251 e. The van der Waals surface area contributed by atoms with Gasteiger partial charge in [-0.1, -0.05) is 13.0 Å². The summed E-state index contributed by atoms with van der Waals surface area (Å²) < 4.78 is 25.6. The van der Waals surface area contributed by atoms with Crippen molar-refractivity contribution in [1.82, 2.24) is 10.2 Å². The molecule has 2 aliphatic rings. The molecule has 2 saturated heterocycles. The molecule has 2 aliphatic heterocycles. The van der Waals surface area contributed by atoms with Gasteiger partial charge in [-0.3, -0.25) is 14.0 Å². The SMILES string of the molecule is CC1CCN([C@H](CNC(=O)c2ccc(N3CCCS3(=O)=O)cc2)c2cccs2)CC1. The summed E-state index contributed by atoms with van der Waals surface area (Å²) in [6.45, 7) is 5.48. The number of carbonyl (C=O) groups excluding carboxylic acids is 1. The molecule has 1 aromatic heterocycles. The van der Waals surface area contributed by atoms with Crippen LogP contribution in [0.15, 0.2) is 41.8 Å². The zero-order chi connectivity index (χ0) is 21.1. The van der Waals surface area contributed by atoms with Crippen LogP contribution in [0.3, 0.4) is 0 Å². The first-order chi connectivity index (χ1) is 14.4. The summed E-state index contributed by atoms with van der Waals surface area (Å²) in [6.07, 6.45) is 3.03. The van der Waals surface area contributed by atoms with Gasteiger partial charge in [0.15, 0.2) is 0 Å². The number of anilines is 1. The lowest BCUT2D eigenvalue weighted by Gasteiger charge is -2.36. The Hall–Kier alpha value is -1.90. The third kappa shape index (κ3) is 4.71. The number of hydrogen-bond acceptors (Lipinski definition) is 5. The van der Waals surface area contributed by atoms with Crippen LogP contribution in [-0.4, -0.2) is 51.2 Å². The molecule has 0 unspecified atom stereocenters. The number of thiophene rings is 1. The van der Waals surface area contributed by atoms with Crippen molar-refractivity contribution in [3.05, 3.63) is 52.2 Å². The number of hydrogen-bond donors (Lipinski definition) is 1. The summed E-state index contributed by atoms with van der Waals surface area (Å²) in [6, 6.07) is 11.3. The van der Waals surface area contributed by atoms with Crippen LogP contribution in [0.1, 0.15) is 47.5 Å². The molecule has 4 rings (SSSR count). The van der Waals surface area contributed by atoms with Gasteiger partial charge in [0.2, 0.25) is 10.0 Å². The normalized spacial score (nSPS) is 20.9. The molecule has 2 fully saturated rings. The van der Waals surface area contributed by atoms with Gasteiger partial charge in [0, 0.05) is 23.5 Å². The minimum Gasteiger partial charge on any atom is -0.350 e. The summed E-state index contributed by atoms with van der Waals surface area (Å²) in [5.41, 5.74) is 1.18. The number of benzene rings is 1. The first kappa shape index (κ1) is 21.3. The van der Waals surface area contributed by atoms with Crippen molar-refractivity contribution in [3.8, 4) is 0 Å². The molecule has 1 N–H and O–H groups in total. The molecule has 0 bridgehead atoms. The van der Waals surface area contributed by atoms with Crippen molar-refractivity contribution in [2.75, 3.05) is 36.2 Å². The minimum absolute atomic E-state index is 0.127. The van der Waals surface area contributed by atoms with Crippen LogP contribution in [0, 0.1) is 5.92 Å². The lowest BCUT2D eigenvalue weighted by Crippen LogP contribution is -2.41. The van der Waals surface area contributed by atoms with E-state index in [0.717, 1.165) is 19.0 Å². The van der Waals surface area contributed by atoms with E-state index in [0.29, 0.717) is 30.8 Å². The fourth-order valence-electron chi connectivity index (χ4n) is 4.23. The fraction of sp³-hybridized carbons (Fsp3) is 0.500. The number of nitrogens with one attached hydrogen (secondary N) is 1. The zero-order valence-electron chi connectivity index (χ0n) is 17.3. The van der Waals surface area contributed by atoms with Crippen molar-refractivity contribution in [2.45, 2.75) is 32.2 Å². The Morgan fingerprint density at radius 2 is 1.90 bits per heavy atom. The molecular weight excluding hydrogens is 418 g/mol. The third-order valence-corrected chi connectivity index (χ3v) is 8.95. The van der Waals surface area contributed by atoms with E-state index < -0.39 is 10.0 Å². The van der Waals surface area contributed by atoms with E-state index in [1.807, 2.05) is 0 Å². The van der Waals surface area contributed by atoms with Crippen molar-refractivity contribution in [3.63, 3.8) is 0 Å². The van der Waals surface area contributed by atoms with Crippen molar-refractivity contribution >= 4 is 33.0 Å². The maximum absolute atomic E-state index is 12.8. The highest BCUT2D eigenvalue weighted by Gasteiger charge is 2.29. The number of piperidine rings is 1. The molecule has 0 spiro atoms. The van der Waals surface area contributed by atoms with Gasteiger partial charge < -0.3 is 5.32 Å². The molecular formula is C22H29N3O3S2. The monoisotopic (exact) mass is 447 g/mol. The molecule has 3 heterocycles. The maximum atomic E-state index is 12.8. The van der Waals surface area contributed by atoms with E-state index in [1.165, 1.54) is 22.0 Å². The number of amides is 1. The molecule has 1 amide bonds. The lowest BCUT2D eigenvalue weighted by molar-refractivity contribution is 0.0915. The van der Waals surface area contributed by atoms with Crippen LogP contribution < -0.4 is 9.62 Å². The van der Waals surface area contributed by atoms with Crippen LogP contribution in [0.2, 0.25) is 0 Å². The summed E-state index contributed by atoms with van der Waals surface area (Å²) >= 11 is 1.73. The minimum atomic E-state index is -3.21. The standard InChI is InChI=1S/C22H29N3O3S2/c1-17-9-12-24(13-10-17)20(21-4-2-14-29-21)16-23-22(26)18-5-7-19(8-6-18)25-11-3-15-30(25,27)28/h2,4-8,14,17,20H,3,9-13,15-16H2,1H3,(H,23,26)/t20-/m1/s1. The Kier molecular flexibility index (Phi) is 6.46. The molecule has 0 radical (unpaired) electrons. The molecule has 1 atom stereocenters. The van der Waals surface area contributed by atoms with E-state index in [2.05, 4.69) is 34.7 Å². The number of sulfonamides is 1. The van der Waals surface area contributed by atoms with Crippen LogP contribution in [0.4, 0.5) is 5.69 Å². The number of likely N-dealkylation sites (tertiary alicyclic amines) is 1. The van der Waals surface area contributed by atoms with Gasteiger partial charge in [0.25, 0.3) is 5.91 Å². The summed E-state index contributed by atoms with van der Waals surface area (Å²) in [4.78, 5) is 16.5. The van der Waals surface area contributed by atoms with Gasteiger partial charge in [-0.25, -0.2) is 8.42 Å². The fourth-order valence-corrected chi connectivity index (χ4v) is 6.66. The van der Waals surface area contributed by atoms with E-state index >= 15 is 0 Å². The lowest BCUT2D eigenvalue weighted by atomic mass is 9.97. The zero-order valence-corrected chi connectivity index (χ0v) is 18.9. The Morgan fingerprint density at radius 1 is 1.17 bits per heavy atom. The molecule has 0 aliphatic carbocycles. The largest absolute Gasteiger partial charge is 0.350 e. The summed E-state index contributed by atoms with van der Waals surface area (Å²) in [7, 11) is -3.21. The van der Waals surface area contributed by atoms with Gasteiger partial charge in [-0.15, -0.1) is 11.3 Å². The maximum Gasteiger partial charge on any atom is 0.251 e. The average Bonchev–Trinajstić information content (AvgIpc) is 3.39. The molecule has 30 heavy (non-hydrogen) atoms. The Labute approximate surface area is 182 Å². The highest BCUT2D eigenvalue weighted by Crippen LogP contribution is 2.29. The molecule has 2 aromatic rings. The Morgan fingerprint density at radius 3 is 2.50 bits per heavy atom. The quantitative estimate of drug-likeness (QED) is 0.736. The number of nitrogens with zero attached hydrogens (tertiary/aromatic N) is 2. The average molecular weight is 448 g/mol. The topological polar surface area (TPSA) is 69.7 Å². The highest BCUT2D eigenvalue weighted by molar-refractivity contribution is 7.93. The summed E-state index contributed by atoms with van der Waals surface area (Å²) in [5.74, 6) is 0.824.